The molecule has 2 aromatic rings. The highest BCUT2D eigenvalue weighted by Gasteiger charge is 2.14. The number of aryl methyl sites for hydroxylation is 1. The number of nitrogens with one attached hydrogen (secondary N) is 2. The van der Waals surface area contributed by atoms with Crippen LogP contribution >= 0.6 is 11.3 Å². The summed E-state index contributed by atoms with van der Waals surface area (Å²) in [5.41, 5.74) is 7.52. The van der Waals surface area contributed by atoms with Gasteiger partial charge >= 0.3 is 0 Å². The minimum absolute atomic E-state index is 0.0532. The molecular weight excluding hydrogens is 288 g/mol. The SMILES string of the molecule is CCC(=O)Nc1ccc(NC(=O)c2sc(N)nc2C)cc1. The summed E-state index contributed by atoms with van der Waals surface area (Å²) in [6, 6.07) is 6.92. The maximum atomic E-state index is 12.1. The van der Waals surface area contributed by atoms with E-state index in [1.54, 1.807) is 38.1 Å². The summed E-state index contributed by atoms with van der Waals surface area (Å²) in [7, 11) is 0. The van der Waals surface area contributed by atoms with Crippen molar-refractivity contribution in [2.75, 3.05) is 16.4 Å². The summed E-state index contributed by atoms with van der Waals surface area (Å²) < 4.78 is 0. The van der Waals surface area contributed by atoms with Gasteiger partial charge in [-0.2, -0.15) is 0 Å². The van der Waals surface area contributed by atoms with Crippen LogP contribution in [-0.2, 0) is 4.79 Å². The first-order valence-corrected chi connectivity index (χ1v) is 7.25. The van der Waals surface area contributed by atoms with Crippen LogP contribution in [0.2, 0.25) is 0 Å². The Balaban J connectivity index is 2.05. The van der Waals surface area contributed by atoms with Crippen LogP contribution in [-0.4, -0.2) is 16.8 Å². The van der Waals surface area contributed by atoms with E-state index in [-0.39, 0.29) is 11.8 Å². The van der Waals surface area contributed by atoms with Crippen molar-refractivity contribution in [1.29, 1.82) is 0 Å². The average Bonchev–Trinajstić information content (AvgIpc) is 2.80. The zero-order valence-electron chi connectivity index (χ0n) is 11.8. The second kappa shape index (κ2) is 6.36. The molecular formula is C14H16N4O2S. The van der Waals surface area contributed by atoms with Crippen molar-refractivity contribution >= 4 is 39.7 Å². The van der Waals surface area contributed by atoms with Crippen molar-refractivity contribution in [3.05, 3.63) is 34.8 Å². The van der Waals surface area contributed by atoms with Crippen LogP contribution in [0.15, 0.2) is 24.3 Å². The Labute approximate surface area is 126 Å². The molecule has 6 nitrogen and oxygen atoms in total. The number of anilines is 3. The number of amides is 2. The molecule has 0 aliphatic carbocycles. The van der Waals surface area contributed by atoms with Gasteiger partial charge in [0.2, 0.25) is 5.91 Å². The molecule has 1 aromatic heterocycles. The summed E-state index contributed by atoms with van der Waals surface area (Å²) in [5, 5.41) is 5.88. The summed E-state index contributed by atoms with van der Waals surface area (Å²) in [5.74, 6) is -0.297. The fourth-order valence-electron chi connectivity index (χ4n) is 1.70. The normalized spacial score (nSPS) is 10.2. The lowest BCUT2D eigenvalue weighted by atomic mass is 10.2. The highest BCUT2D eigenvalue weighted by Crippen LogP contribution is 2.21. The lowest BCUT2D eigenvalue weighted by Gasteiger charge is -2.06. The molecule has 1 heterocycles. The lowest BCUT2D eigenvalue weighted by Crippen LogP contribution is -2.12. The van der Waals surface area contributed by atoms with E-state index in [9.17, 15) is 9.59 Å². The molecule has 0 atom stereocenters. The first-order valence-electron chi connectivity index (χ1n) is 6.43. The van der Waals surface area contributed by atoms with E-state index in [0.717, 1.165) is 11.3 Å². The number of benzene rings is 1. The predicted molar refractivity (Wildman–Crippen MR) is 84.6 cm³/mol. The maximum absolute atomic E-state index is 12.1. The fraction of sp³-hybridized carbons (Fsp3) is 0.214. The average molecular weight is 304 g/mol. The molecule has 110 valence electrons. The predicted octanol–water partition coefficient (Wildman–Crippen LogP) is 2.63. The van der Waals surface area contributed by atoms with Crippen LogP contribution in [0.3, 0.4) is 0 Å². The molecule has 1 aromatic carbocycles. The van der Waals surface area contributed by atoms with Gasteiger partial charge in [-0.1, -0.05) is 18.3 Å². The third-order valence-electron chi connectivity index (χ3n) is 2.77. The molecule has 2 amide bonds. The molecule has 2 rings (SSSR count). The van der Waals surface area contributed by atoms with Crippen LogP contribution in [0.4, 0.5) is 16.5 Å². The van der Waals surface area contributed by atoms with E-state index in [2.05, 4.69) is 15.6 Å². The Kier molecular flexibility index (Phi) is 4.54. The van der Waals surface area contributed by atoms with Crippen molar-refractivity contribution in [1.82, 2.24) is 4.98 Å². The van der Waals surface area contributed by atoms with E-state index in [0.29, 0.717) is 33.5 Å². The Bertz CT molecular complexity index is 664. The van der Waals surface area contributed by atoms with Crippen molar-refractivity contribution in [3.8, 4) is 0 Å². The van der Waals surface area contributed by atoms with Gasteiger partial charge in [-0.25, -0.2) is 4.98 Å². The molecule has 0 radical (unpaired) electrons. The van der Waals surface area contributed by atoms with Gasteiger partial charge in [-0.05, 0) is 31.2 Å². The summed E-state index contributed by atoms with van der Waals surface area (Å²) in [6.45, 7) is 3.53. The number of nitrogens with two attached hydrogens (primary N) is 1. The molecule has 0 aliphatic rings. The molecule has 0 bridgehead atoms. The van der Waals surface area contributed by atoms with Crippen LogP contribution in [0, 0.1) is 6.92 Å². The number of hydrogen-bond acceptors (Lipinski definition) is 5. The van der Waals surface area contributed by atoms with Gasteiger partial charge in [0.15, 0.2) is 5.13 Å². The van der Waals surface area contributed by atoms with Crippen molar-refractivity contribution in [2.24, 2.45) is 0 Å². The van der Waals surface area contributed by atoms with Gasteiger partial charge in [0.1, 0.15) is 4.88 Å². The minimum atomic E-state index is -0.243. The number of nitrogen functional groups attached to an aromatic ring is 1. The first kappa shape index (κ1) is 15.0. The van der Waals surface area contributed by atoms with Crippen molar-refractivity contribution in [2.45, 2.75) is 20.3 Å². The number of aromatic nitrogens is 1. The molecule has 0 fully saturated rings. The second-order valence-electron chi connectivity index (χ2n) is 4.40. The Hall–Kier alpha value is -2.41. The topological polar surface area (TPSA) is 97.1 Å². The van der Waals surface area contributed by atoms with Gasteiger partial charge in [0, 0.05) is 17.8 Å². The van der Waals surface area contributed by atoms with Crippen LogP contribution in [0.5, 0.6) is 0 Å². The van der Waals surface area contributed by atoms with Crippen LogP contribution < -0.4 is 16.4 Å². The summed E-state index contributed by atoms with van der Waals surface area (Å²) in [6.07, 6.45) is 0.421. The number of nitrogens with zero attached hydrogens (tertiary/aromatic N) is 1. The largest absolute Gasteiger partial charge is 0.375 e. The van der Waals surface area contributed by atoms with Crippen molar-refractivity contribution < 1.29 is 9.59 Å². The lowest BCUT2D eigenvalue weighted by molar-refractivity contribution is -0.115. The molecule has 0 saturated heterocycles. The highest BCUT2D eigenvalue weighted by atomic mass is 32.1. The highest BCUT2D eigenvalue weighted by molar-refractivity contribution is 7.17. The van der Waals surface area contributed by atoms with Crippen molar-refractivity contribution in [3.63, 3.8) is 0 Å². The quantitative estimate of drug-likeness (QED) is 0.809. The first-order chi connectivity index (χ1) is 9.99. The summed E-state index contributed by atoms with van der Waals surface area (Å²) in [4.78, 5) is 27.9. The van der Waals surface area contributed by atoms with Gasteiger partial charge < -0.3 is 16.4 Å². The van der Waals surface area contributed by atoms with E-state index in [1.165, 1.54) is 0 Å². The summed E-state index contributed by atoms with van der Waals surface area (Å²) >= 11 is 1.15. The third-order valence-corrected chi connectivity index (χ3v) is 3.75. The molecule has 0 saturated carbocycles. The fourth-order valence-corrected chi connectivity index (χ4v) is 2.43. The second-order valence-corrected chi connectivity index (χ2v) is 5.43. The van der Waals surface area contributed by atoms with Crippen LogP contribution in [0.1, 0.15) is 28.7 Å². The maximum Gasteiger partial charge on any atom is 0.267 e. The Morgan fingerprint density at radius 2 is 1.76 bits per heavy atom. The number of carbonyl (C=O) groups excluding carboxylic acids is 2. The molecule has 0 unspecified atom stereocenters. The number of carbonyl (C=O) groups is 2. The van der Waals surface area contributed by atoms with E-state index in [1.807, 2.05) is 0 Å². The van der Waals surface area contributed by atoms with Gasteiger partial charge in [-0.3, -0.25) is 9.59 Å². The van der Waals surface area contributed by atoms with Gasteiger partial charge in [-0.15, -0.1) is 0 Å². The standard InChI is InChI=1S/C14H16N4O2S/c1-3-11(19)17-9-4-6-10(7-5-9)18-13(20)12-8(2)16-14(15)21-12/h4-7H,3H2,1-2H3,(H2,15,16)(H,17,19)(H,18,20). The Morgan fingerprint density at radius 1 is 1.19 bits per heavy atom. The molecule has 0 spiro atoms. The van der Waals surface area contributed by atoms with Crippen LogP contribution in [0.25, 0.3) is 0 Å². The molecule has 21 heavy (non-hydrogen) atoms. The zero-order chi connectivity index (χ0) is 15.4. The molecule has 0 aliphatic heterocycles. The monoisotopic (exact) mass is 304 g/mol. The molecule has 4 N–H and O–H groups in total. The number of thiazole rings is 1. The zero-order valence-corrected chi connectivity index (χ0v) is 12.6. The Morgan fingerprint density at radius 3 is 2.24 bits per heavy atom. The number of rotatable bonds is 4. The van der Waals surface area contributed by atoms with E-state index < -0.39 is 0 Å². The van der Waals surface area contributed by atoms with E-state index >= 15 is 0 Å². The minimum Gasteiger partial charge on any atom is -0.375 e. The third kappa shape index (κ3) is 3.79. The van der Waals surface area contributed by atoms with Gasteiger partial charge in [0.05, 0.1) is 5.69 Å². The number of hydrogen-bond donors (Lipinski definition) is 3. The molecule has 7 heteroatoms. The smallest absolute Gasteiger partial charge is 0.267 e. The van der Waals surface area contributed by atoms with E-state index in [4.69, 9.17) is 5.73 Å². The van der Waals surface area contributed by atoms with Gasteiger partial charge in [0.25, 0.3) is 5.91 Å².